The summed E-state index contributed by atoms with van der Waals surface area (Å²) in [5.74, 6) is -0.170. The number of esters is 1. The number of nitrogens with zero attached hydrogens (tertiary/aromatic N) is 1. The van der Waals surface area contributed by atoms with E-state index in [1.54, 1.807) is 18.2 Å². The van der Waals surface area contributed by atoms with E-state index in [9.17, 15) is 9.59 Å². The van der Waals surface area contributed by atoms with Crippen LogP contribution in [0.5, 0.6) is 0 Å². The van der Waals surface area contributed by atoms with Crippen LogP contribution >= 0.6 is 0 Å². The Balaban J connectivity index is 1.44. The van der Waals surface area contributed by atoms with Crippen molar-refractivity contribution in [3.05, 3.63) is 76.6 Å². The molecule has 1 N–H and O–H groups in total. The number of hydrogen-bond acceptors (Lipinski definition) is 6. The lowest BCUT2D eigenvalue weighted by Gasteiger charge is -2.27. The highest BCUT2D eigenvalue weighted by Crippen LogP contribution is 2.44. The summed E-state index contributed by atoms with van der Waals surface area (Å²) in [6.45, 7) is 8.39. The van der Waals surface area contributed by atoms with Gasteiger partial charge in [0.2, 0.25) is 0 Å². The maximum absolute atomic E-state index is 12.8. The maximum Gasteiger partial charge on any atom is 0.337 e. The Morgan fingerprint density at radius 3 is 2.56 bits per heavy atom. The molecule has 34 heavy (non-hydrogen) atoms. The Morgan fingerprint density at radius 1 is 1.12 bits per heavy atom. The van der Waals surface area contributed by atoms with Gasteiger partial charge in [-0.3, -0.25) is 9.69 Å². The normalized spacial score (nSPS) is 21.5. The van der Waals surface area contributed by atoms with E-state index >= 15 is 0 Å². The van der Waals surface area contributed by atoms with Crippen LogP contribution in [0.3, 0.4) is 0 Å². The van der Waals surface area contributed by atoms with Gasteiger partial charge in [0, 0.05) is 30.8 Å². The number of allylic oxidation sites excluding steroid dienone is 1. The van der Waals surface area contributed by atoms with Crippen LogP contribution < -0.4 is 5.32 Å². The van der Waals surface area contributed by atoms with Crippen molar-refractivity contribution in [1.29, 1.82) is 0 Å². The van der Waals surface area contributed by atoms with Crippen molar-refractivity contribution in [2.75, 3.05) is 38.7 Å². The van der Waals surface area contributed by atoms with Crippen molar-refractivity contribution < 1.29 is 23.8 Å². The van der Waals surface area contributed by atoms with E-state index in [1.165, 1.54) is 12.7 Å². The van der Waals surface area contributed by atoms with E-state index in [0.717, 1.165) is 44.0 Å². The lowest BCUT2D eigenvalue weighted by Crippen LogP contribution is -2.35. The molecule has 3 aliphatic rings. The smallest absolute Gasteiger partial charge is 0.337 e. The molecule has 1 saturated heterocycles. The van der Waals surface area contributed by atoms with Gasteiger partial charge in [-0.15, -0.1) is 0 Å². The first-order valence-electron chi connectivity index (χ1n) is 11.4. The zero-order valence-corrected chi connectivity index (χ0v) is 19.6. The van der Waals surface area contributed by atoms with Crippen LogP contribution in [0.1, 0.15) is 40.9 Å². The average molecular weight is 461 g/mol. The molecule has 0 radical (unpaired) electrons. The summed E-state index contributed by atoms with van der Waals surface area (Å²) in [6, 6.07) is 13.6. The number of nitrogens with one attached hydrogen (secondary N) is 1. The summed E-state index contributed by atoms with van der Waals surface area (Å²) in [5.41, 5.74) is 4.88. The number of carbonyl (C=O) groups excluding carboxylic acids is 2. The molecule has 7 heteroatoms. The molecule has 7 nitrogen and oxygen atoms in total. The Morgan fingerprint density at radius 2 is 1.85 bits per heavy atom. The molecular formula is C27H28N2O5. The monoisotopic (exact) mass is 460 g/mol. The van der Waals surface area contributed by atoms with Crippen LogP contribution in [-0.4, -0.2) is 55.8 Å². The first-order chi connectivity index (χ1) is 16.4. The molecule has 0 spiro atoms. The number of ether oxygens (including phenoxy) is 3. The van der Waals surface area contributed by atoms with Gasteiger partial charge >= 0.3 is 5.97 Å². The summed E-state index contributed by atoms with van der Waals surface area (Å²) in [6.07, 6.45) is 1.95. The zero-order valence-electron chi connectivity index (χ0n) is 19.6. The van der Waals surface area contributed by atoms with E-state index in [4.69, 9.17) is 14.2 Å². The molecule has 1 amide bonds. The highest BCUT2D eigenvalue weighted by atomic mass is 16.5. The number of rotatable bonds is 4. The number of benzene rings is 2. The van der Waals surface area contributed by atoms with Gasteiger partial charge in [-0.05, 0) is 43.2 Å². The highest BCUT2D eigenvalue weighted by Gasteiger charge is 2.38. The Bertz CT molecular complexity index is 1200. The second kappa shape index (κ2) is 8.74. The minimum Gasteiger partial charge on any atom is -0.482 e. The van der Waals surface area contributed by atoms with Gasteiger partial charge in [0.15, 0.2) is 0 Å². The van der Waals surface area contributed by atoms with Crippen molar-refractivity contribution in [3.63, 3.8) is 0 Å². The zero-order chi connectivity index (χ0) is 23.9. The van der Waals surface area contributed by atoms with Crippen LogP contribution in [0.15, 0.2) is 54.3 Å². The van der Waals surface area contributed by atoms with Crippen molar-refractivity contribution in [2.45, 2.75) is 26.0 Å². The van der Waals surface area contributed by atoms with E-state index < -0.39 is 11.6 Å². The Kier molecular flexibility index (Phi) is 5.75. The van der Waals surface area contributed by atoms with Gasteiger partial charge < -0.3 is 19.5 Å². The van der Waals surface area contributed by atoms with Crippen molar-refractivity contribution in [2.24, 2.45) is 0 Å². The Labute approximate surface area is 199 Å². The number of morpholine rings is 1. The predicted molar refractivity (Wildman–Crippen MR) is 129 cm³/mol. The molecule has 176 valence electrons. The van der Waals surface area contributed by atoms with Crippen LogP contribution in [0, 0.1) is 0 Å². The second-order valence-corrected chi connectivity index (χ2v) is 9.20. The molecule has 0 unspecified atom stereocenters. The van der Waals surface area contributed by atoms with Crippen molar-refractivity contribution in [3.8, 4) is 0 Å². The minimum atomic E-state index is -0.594. The first kappa shape index (κ1) is 22.4. The van der Waals surface area contributed by atoms with Crippen molar-refractivity contribution >= 4 is 28.7 Å². The summed E-state index contributed by atoms with van der Waals surface area (Å²) < 4.78 is 16.5. The molecule has 2 aromatic carbocycles. The molecule has 3 heterocycles. The van der Waals surface area contributed by atoms with Gasteiger partial charge in [-0.1, -0.05) is 30.3 Å². The topological polar surface area (TPSA) is 77.1 Å². The molecule has 3 aliphatic heterocycles. The third-order valence-corrected chi connectivity index (χ3v) is 6.50. The lowest BCUT2D eigenvalue weighted by atomic mass is 9.91. The molecule has 0 saturated carbocycles. The molecular weight excluding hydrogens is 432 g/mol. The standard InChI is InChI=1S/C27H28N2O5/c1-27(2)21(18-6-4-17(5-7-18)16-29-10-12-33-13-11-29)15-23(34-27)24-20-9-8-19(26(31)32-3)14-22(20)28-25(24)30/h4-9,14-15H,10-13,16H2,1-3H3,(H,28,30). The molecule has 5 rings (SSSR count). The molecule has 0 aromatic heterocycles. The van der Waals surface area contributed by atoms with Gasteiger partial charge in [0.05, 0.1) is 37.1 Å². The SMILES string of the molecule is COC(=O)c1ccc2c(c1)NC(=O)C2=C1C=C(c2ccc(CN3CCOCC3)cc2)C(C)(C)O1. The molecule has 0 bridgehead atoms. The van der Waals surface area contributed by atoms with E-state index in [1.807, 2.05) is 19.9 Å². The largest absolute Gasteiger partial charge is 0.482 e. The van der Waals surface area contributed by atoms with Crippen LogP contribution in [0.25, 0.3) is 11.1 Å². The molecule has 1 fully saturated rings. The maximum atomic E-state index is 12.8. The summed E-state index contributed by atoms with van der Waals surface area (Å²) in [7, 11) is 1.33. The van der Waals surface area contributed by atoms with Crippen LogP contribution in [-0.2, 0) is 25.5 Å². The van der Waals surface area contributed by atoms with E-state index in [-0.39, 0.29) is 5.91 Å². The van der Waals surface area contributed by atoms with Gasteiger partial charge in [-0.25, -0.2) is 4.79 Å². The van der Waals surface area contributed by atoms with E-state index in [2.05, 4.69) is 34.5 Å². The fourth-order valence-electron chi connectivity index (χ4n) is 4.69. The number of amides is 1. The third kappa shape index (κ3) is 4.13. The third-order valence-electron chi connectivity index (χ3n) is 6.50. The summed E-state index contributed by atoms with van der Waals surface area (Å²) in [4.78, 5) is 27.1. The number of hydrogen-bond donors (Lipinski definition) is 1. The molecule has 2 aromatic rings. The molecule has 0 aliphatic carbocycles. The molecule has 0 atom stereocenters. The quantitative estimate of drug-likeness (QED) is 0.552. The average Bonchev–Trinajstić information content (AvgIpc) is 3.33. The highest BCUT2D eigenvalue weighted by molar-refractivity contribution is 6.32. The fourth-order valence-corrected chi connectivity index (χ4v) is 4.69. The minimum absolute atomic E-state index is 0.249. The van der Waals surface area contributed by atoms with Gasteiger partial charge in [-0.2, -0.15) is 0 Å². The summed E-state index contributed by atoms with van der Waals surface area (Å²) >= 11 is 0. The number of carbonyl (C=O) groups is 2. The fraction of sp³-hybridized carbons (Fsp3) is 0.333. The Hall–Kier alpha value is -3.42. The van der Waals surface area contributed by atoms with Gasteiger partial charge in [0.1, 0.15) is 11.4 Å². The number of fused-ring (bicyclic) bond motifs is 1. The second-order valence-electron chi connectivity index (χ2n) is 9.20. The summed E-state index contributed by atoms with van der Waals surface area (Å²) in [5, 5.41) is 2.84. The van der Waals surface area contributed by atoms with Crippen LogP contribution in [0.2, 0.25) is 0 Å². The first-order valence-corrected chi connectivity index (χ1v) is 11.4. The van der Waals surface area contributed by atoms with E-state index in [0.29, 0.717) is 28.1 Å². The number of methoxy groups -OCH3 is 1. The van der Waals surface area contributed by atoms with Crippen LogP contribution in [0.4, 0.5) is 5.69 Å². The predicted octanol–water partition coefficient (Wildman–Crippen LogP) is 3.86. The van der Waals surface area contributed by atoms with Crippen molar-refractivity contribution in [1.82, 2.24) is 4.90 Å². The number of anilines is 1. The lowest BCUT2D eigenvalue weighted by molar-refractivity contribution is -0.111. The van der Waals surface area contributed by atoms with Gasteiger partial charge in [0.25, 0.3) is 5.91 Å².